The standard InChI is InChI=1S/C16H26N4O2S/c1-12-6-7-14(10-13(12)2)22-11-15(21)18-19-16(23)17-8-5-9-20(3)4/h6-7,10H,5,8-9,11H2,1-4H3,(H,18,21)(H2,17,19,23)/p+1. The monoisotopic (exact) mass is 339 g/mol. The van der Waals surface area contributed by atoms with E-state index < -0.39 is 0 Å². The summed E-state index contributed by atoms with van der Waals surface area (Å²) in [6.45, 7) is 5.80. The molecule has 0 aliphatic carbocycles. The van der Waals surface area contributed by atoms with Crippen LogP contribution in [0.2, 0.25) is 0 Å². The molecule has 6 nitrogen and oxygen atoms in total. The molecule has 0 saturated heterocycles. The Bertz CT molecular complexity index is 535. The van der Waals surface area contributed by atoms with E-state index in [1.54, 1.807) is 0 Å². The molecule has 4 N–H and O–H groups in total. The van der Waals surface area contributed by atoms with Crippen LogP contribution in [0.1, 0.15) is 17.5 Å². The van der Waals surface area contributed by atoms with Gasteiger partial charge in [-0.15, -0.1) is 0 Å². The molecule has 7 heteroatoms. The number of quaternary nitrogens is 1. The first kappa shape index (κ1) is 19.2. The predicted octanol–water partition coefficient (Wildman–Crippen LogP) is -0.288. The lowest BCUT2D eigenvalue weighted by atomic mass is 10.1. The quantitative estimate of drug-likeness (QED) is 0.312. The number of hydrogen-bond acceptors (Lipinski definition) is 3. The van der Waals surface area contributed by atoms with E-state index in [1.165, 1.54) is 10.5 Å². The van der Waals surface area contributed by atoms with E-state index in [0.717, 1.165) is 25.1 Å². The van der Waals surface area contributed by atoms with E-state index in [1.807, 2.05) is 32.0 Å². The summed E-state index contributed by atoms with van der Waals surface area (Å²) >= 11 is 5.08. The normalized spacial score (nSPS) is 10.3. The molecule has 0 aliphatic heterocycles. The first-order valence-electron chi connectivity index (χ1n) is 7.70. The van der Waals surface area contributed by atoms with Crippen molar-refractivity contribution in [3.63, 3.8) is 0 Å². The number of hydrogen-bond donors (Lipinski definition) is 4. The van der Waals surface area contributed by atoms with Crippen LogP contribution in [0, 0.1) is 13.8 Å². The fourth-order valence-corrected chi connectivity index (χ4v) is 1.96. The second kappa shape index (κ2) is 10.0. The molecule has 1 aromatic carbocycles. The Labute approximate surface area is 143 Å². The number of ether oxygens (including phenoxy) is 1. The van der Waals surface area contributed by atoms with Crippen molar-refractivity contribution in [2.24, 2.45) is 0 Å². The number of rotatable bonds is 7. The fraction of sp³-hybridized carbons (Fsp3) is 0.500. The third-order valence-corrected chi connectivity index (χ3v) is 3.55. The maximum Gasteiger partial charge on any atom is 0.276 e. The van der Waals surface area contributed by atoms with Crippen molar-refractivity contribution in [1.82, 2.24) is 16.2 Å². The van der Waals surface area contributed by atoms with E-state index in [2.05, 4.69) is 30.3 Å². The molecule has 1 rings (SSSR count). The first-order chi connectivity index (χ1) is 10.9. The Morgan fingerprint density at radius 3 is 2.61 bits per heavy atom. The lowest BCUT2D eigenvalue weighted by molar-refractivity contribution is -0.858. The van der Waals surface area contributed by atoms with Crippen LogP contribution >= 0.6 is 12.2 Å². The van der Waals surface area contributed by atoms with Crippen molar-refractivity contribution < 1.29 is 14.4 Å². The number of thiocarbonyl (C=S) groups is 1. The summed E-state index contributed by atoms with van der Waals surface area (Å²) in [6, 6.07) is 5.73. The van der Waals surface area contributed by atoms with E-state index in [-0.39, 0.29) is 12.5 Å². The zero-order chi connectivity index (χ0) is 17.2. The summed E-state index contributed by atoms with van der Waals surface area (Å²) in [5.41, 5.74) is 7.49. The number of benzene rings is 1. The molecule has 23 heavy (non-hydrogen) atoms. The highest BCUT2D eigenvalue weighted by atomic mass is 32.1. The largest absolute Gasteiger partial charge is 0.484 e. The molecule has 0 spiro atoms. The summed E-state index contributed by atoms with van der Waals surface area (Å²) in [4.78, 5) is 13.1. The van der Waals surface area contributed by atoms with Crippen LogP contribution in [0.4, 0.5) is 0 Å². The Balaban J connectivity index is 2.18. The van der Waals surface area contributed by atoms with Crippen molar-refractivity contribution in [2.45, 2.75) is 20.3 Å². The lowest BCUT2D eigenvalue weighted by Gasteiger charge is -2.13. The highest BCUT2D eigenvalue weighted by molar-refractivity contribution is 7.80. The average molecular weight is 339 g/mol. The zero-order valence-electron chi connectivity index (χ0n) is 14.3. The van der Waals surface area contributed by atoms with Gasteiger partial charge in [0.05, 0.1) is 20.6 Å². The van der Waals surface area contributed by atoms with Crippen LogP contribution in [-0.4, -0.2) is 44.8 Å². The van der Waals surface area contributed by atoms with Crippen LogP contribution in [0.15, 0.2) is 18.2 Å². The summed E-state index contributed by atoms with van der Waals surface area (Å²) < 4.78 is 5.44. The van der Waals surface area contributed by atoms with Gasteiger partial charge in [-0.3, -0.25) is 15.6 Å². The maximum absolute atomic E-state index is 11.7. The zero-order valence-corrected chi connectivity index (χ0v) is 15.1. The second-order valence-electron chi connectivity index (χ2n) is 5.77. The highest BCUT2D eigenvalue weighted by Gasteiger charge is 2.04. The summed E-state index contributed by atoms with van der Waals surface area (Å²) in [5, 5.41) is 3.43. The van der Waals surface area contributed by atoms with Crippen molar-refractivity contribution in [3.05, 3.63) is 29.3 Å². The predicted molar refractivity (Wildman–Crippen MR) is 95.6 cm³/mol. The molecule has 0 aromatic heterocycles. The third-order valence-electron chi connectivity index (χ3n) is 3.30. The van der Waals surface area contributed by atoms with Gasteiger partial charge in [-0.1, -0.05) is 6.07 Å². The average Bonchev–Trinajstić information content (AvgIpc) is 2.50. The molecule has 1 amide bonds. The first-order valence-corrected chi connectivity index (χ1v) is 8.11. The molecule has 0 bridgehead atoms. The van der Waals surface area contributed by atoms with Crippen molar-refractivity contribution in [1.29, 1.82) is 0 Å². The minimum Gasteiger partial charge on any atom is -0.484 e. The summed E-state index contributed by atoms with van der Waals surface area (Å²) in [6.07, 6.45) is 1.01. The topological polar surface area (TPSA) is 66.8 Å². The van der Waals surface area contributed by atoms with E-state index in [4.69, 9.17) is 17.0 Å². The second-order valence-corrected chi connectivity index (χ2v) is 6.18. The molecule has 0 aliphatic rings. The Morgan fingerprint density at radius 1 is 1.22 bits per heavy atom. The number of aryl methyl sites for hydroxylation is 2. The summed E-state index contributed by atoms with van der Waals surface area (Å²) in [7, 11) is 4.21. The van der Waals surface area contributed by atoms with E-state index in [9.17, 15) is 4.79 Å². The SMILES string of the molecule is Cc1ccc(OCC(=O)NNC(=S)NCCC[NH+](C)C)cc1C. The van der Waals surface area contributed by atoms with Gasteiger partial charge in [-0.05, 0) is 49.3 Å². The van der Waals surface area contributed by atoms with Gasteiger partial charge in [-0.25, -0.2) is 0 Å². The van der Waals surface area contributed by atoms with E-state index >= 15 is 0 Å². The third kappa shape index (κ3) is 8.37. The van der Waals surface area contributed by atoms with Gasteiger partial charge in [0.1, 0.15) is 5.75 Å². The number of carbonyl (C=O) groups is 1. The maximum atomic E-state index is 11.7. The lowest BCUT2D eigenvalue weighted by Crippen LogP contribution is -3.05. The van der Waals surface area contributed by atoms with Crippen LogP contribution in [0.3, 0.4) is 0 Å². The molecule has 0 saturated carbocycles. The molecule has 128 valence electrons. The molecule has 0 unspecified atom stereocenters. The minimum atomic E-state index is -0.287. The van der Waals surface area contributed by atoms with Gasteiger partial charge in [0.25, 0.3) is 5.91 Å². The van der Waals surface area contributed by atoms with Gasteiger partial charge in [0, 0.05) is 13.0 Å². The van der Waals surface area contributed by atoms with Crippen LogP contribution in [0.25, 0.3) is 0 Å². The molecular formula is C16H27N4O2S+. The molecule has 0 radical (unpaired) electrons. The molecule has 0 heterocycles. The van der Waals surface area contributed by atoms with Crippen LogP contribution in [0.5, 0.6) is 5.75 Å². The van der Waals surface area contributed by atoms with Crippen molar-refractivity contribution >= 4 is 23.2 Å². The molecule has 0 fully saturated rings. The highest BCUT2D eigenvalue weighted by Crippen LogP contribution is 2.15. The van der Waals surface area contributed by atoms with Gasteiger partial charge in [0.2, 0.25) is 0 Å². The van der Waals surface area contributed by atoms with Crippen LogP contribution < -0.4 is 25.8 Å². The van der Waals surface area contributed by atoms with Gasteiger partial charge in [0.15, 0.2) is 11.7 Å². The Morgan fingerprint density at radius 2 is 1.96 bits per heavy atom. The van der Waals surface area contributed by atoms with Gasteiger partial charge < -0.3 is 15.0 Å². The van der Waals surface area contributed by atoms with Gasteiger partial charge >= 0.3 is 0 Å². The number of amides is 1. The van der Waals surface area contributed by atoms with Crippen LogP contribution in [-0.2, 0) is 4.79 Å². The van der Waals surface area contributed by atoms with E-state index in [0.29, 0.717) is 10.9 Å². The smallest absolute Gasteiger partial charge is 0.276 e. The Hall–Kier alpha value is -1.86. The number of carbonyl (C=O) groups excluding carboxylic acids is 1. The fourth-order valence-electron chi connectivity index (χ4n) is 1.80. The molecule has 1 aromatic rings. The number of hydrazine groups is 1. The Kier molecular flexibility index (Phi) is 8.36. The van der Waals surface area contributed by atoms with Crippen molar-refractivity contribution in [2.75, 3.05) is 33.8 Å². The minimum absolute atomic E-state index is 0.0674. The van der Waals surface area contributed by atoms with Crippen molar-refractivity contribution in [3.8, 4) is 5.75 Å². The van der Waals surface area contributed by atoms with Gasteiger partial charge in [-0.2, -0.15) is 0 Å². The number of nitrogens with one attached hydrogen (secondary N) is 4. The summed E-state index contributed by atoms with van der Waals surface area (Å²) in [5.74, 6) is 0.389. The molecular weight excluding hydrogens is 312 g/mol. The molecule has 0 atom stereocenters.